The molecular formula is C9H15ClN2O. The van der Waals surface area contributed by atoms with E-state index in [4.69, 9.17) is 11.6 Å². The second-order valence-electron chi connectivity index (χ2n) is 3.36. The Bertz CT molecular complexity index is 214. The summed E-state index contributed by atoms with van der Waals surface area (Å²) in [5.41, 5.74) is 0. The molecule has 0 saturated heterocycles. The third-order valence-corrected chi connectivity index (χ3v) is 2.21. The van der Waals surface area contributed by atoms with Crippen molar-refractivity contribution in [3.05, 3.63) is 11.6 Å². The molecule has 4 heteroatoms. The average molecular weight is 203 g/mol. The largest absolute Gasteiger partial charge is 0.342 e. The Hall–Kier alpha value is -0.540. The van der Waals surface area contributed by atoms with Crippen molar-refractivity contribution in [2.75, 3.05) is 20.1 Å². The minimum absolute atomic E-state index is 0.125. The van der Waals surface area contributed by atoms with Gasteiger partial charge in [0.1, 0.15) is 0 Å². The maximum absolute atomic E-state index is 11.4. The Morgan fingerprint density at radius 3 is 2.69 bits per heavy atom. The van der Waals surface area contributed by atoms with Gasteiger partial charge in [0.15, 0.2) is 0 Å². The molecule has 0 unspecified atom stereocenters. The van der Waals surface area contributed by atoms with Gasteiger partial charge in [-0.2, -0.15) is 0 Å². The highest BCUT2D eigenvalue weighted by Crippen LogP contribution is 2.24. The first-order chi connectivity index (χ1) is 6.11. The van der Waals surface area contributed by atoms with Crippen molar-refractivity contribution in [1.29, 1.82) is 0 Å². The van der Waals surface area contributed by atoms with Gasteiger partial charge in [0.25, 0.3) is 0 Å². The summed E-state index contributed by atoms with van der Waals surface area (Å²) in [6, 6.07) is 0.480. The molecule has 1 aliphatic rings. The number of carbonyl (C=O) groups is 1. The molecule has 0 aromatic heterocycles. The number of nitrogens with zero attached hydrogens (tertiary/aromatic N) is 1. The zero-order valence-corrected chi connectivity index (χ0v) is 8.60. The van der Waals surface area contributed by atoms with E-state index >= 15 is 0 Å². The van der Waals surface area contributed by atoms with Crippen LogP contribution in [0.2, 0.25) is 0 Å². The number of hydrogen-bond donors (Lipinski definition) is 1. The number of amides is 1. The monoisotopic (exact) mass is 202 g/mol. The Kier molecular flexibility index (Phi) is 3.75. The number of hydrogen-bond acceptors (Lipinski definition) is 2. The predicted molar refractivity (Wildman–Crippen MR) is 53.7 cm³/mol. The van der Waals surface area contributed by atoms with Gasteiger partial charge in [-0.25, -0.2) is 0 Å². The number of carbonyl (C=O) groups excluding carboxylic acids is 1. The van der Waals surface area contributed by atoms with E-state index in [0.717, 1.165) is 12.8 Å². The van der Waals surface area contributed by atoms with E-state index in [1.54, 1.807) is 4.90 Å². The van der Waals surface area contributed by atoms with E-state index in [9.17, 15) is 4.79 Å². The van der Waals surface area contributed by atoms with Crippen molar-refractivity contribution in [2.45, 2.75) is 18.9 Å². The molecule has 0 bridgehead atoms. The highest BCUT2D eigenvalue weighted by molar-refractivity contribution is 6.29. The summed E-state index contributed by atoms with van der Waals surface area (Å²) in [6.45, 7) is 4.36. The van der Waals surface area contributed by atoms with E-state index in [0.29, 0.717) is 24.2 Å². The van der Waals surface area contributed by atoms with Crippen molar-refractivity contribution in [1.82, 2.24) is 10.2 Å². The lowest BCUT2D eigenvalue weighted by Gasteiger charge is -2.16. The Morgan fingerprint density at radius 2 is 2.23 bits per heavy atom. The van der Waals surface area contributed by atoms with Crippen LogP contribution < -0.4 is 5.32 Å². The highest BCUT2D eigenvalue weighted by Gasteiger charge is 2.28. The molecular weight excluding hydrogens is 188 g/mol. The van der Waals surface area contributed by atoms with Crippen LogP contribution in [0.15, 0.2) is 11.6 Å². The maximum Gasteiger partial charge on any atom is 0.236 e. The summed E-state index contributed by atoms with van der Waals surface area (Å²) >= 11 is 5.53. The van der Waals surface area contributed by atoms with Gasteiger partial charge in [0.05, 0.1) is 6.54 Å². The zero-order valence-electron chi connectivity index (χ0n) is 7.85. The van der Waals surface area contributed by atoms with E-state index in [2.05, 4.69) is 11.9 Å². The van der Waals surface area contributed by atoms with E-state index in [1.807, 2.05) is 7.05 Å². The van der Waals surface area contributed by atoms with Gasteiger partial charge >= 0.3 is 0 Å². The third-order valence-electron chi connectivity index (χ3n) is 2.08. The van der Waals surface area contributed by atoms with Crippen LogP contribution in [-0.4, -0.2) is 37.0 Å². The molecule has 1 fully saturated rings. The second kappa shape index (κ2) is 4.63. The standard InChI is InChI=1S/C9H15ClN2O/c1-7(10)5-11-6-9(13)12(2)8-3-4-8/h8,11H,1,3-6H2,2H3. The van der Waals surface area contributed by atoms with Crippen LogP contribution in [-0.2, 0) is 4.79 Å². The van der Waals surface area contributed by atoms with Crippen molar-refractivity contribution >= 4 is 17.5 Å². The molecule has 0 atom stereocenters. The highest BCUT2D eigenvalue weighted by atomic mass is 35.5. The third kappa shape index (κ3) is 3.79. The Morgan fingerprint density at radius 1 is 1.62 bits per heavy atom. The average Bonchev–Trinajstić information content (AvgIpc) is 2.84. The lowest BCUT2D eigenvalue weighted by atomic mass is 10.4. The van der Waals surface area contributed by atoms with Gasteiger partial charge in [-0.3, -0.25) is 4.79 Å². The molecule has 0 aliphatic heterocycles. The Labute approximate surface area is 83.7 Å². The predicted octanol–water partition coefficient (Wildman–Crippen LogP) is 0.949. The fourth-order valence-electron chi connectivity index (χ4n) is 1.10. The van der Waals surface area contributed by atoms with E-state index in [1.165, 1.54) is 0 Å². The molecule has 1 saturated carbocycles. The quantitative estimate of drug-likeness (QED) is 0.720. The van der Waals surface area contributed by atoms with Crippen LogP contribution >= 0.6 is 11.6 Å². The minimum atomic E-state index is 0.125. The van der Waals surface area contributed by atoms with Crippen LogP contribution in [0.25, 0.3) is 0 Å². The van der Waals surface area contributed by atoms with Gasteiger partial charge < -0.3 is 10.2 Å². The number of likely N-dealkylation sites (N-methyl/N-ethyl adjacent to an activating group) is 1. The summed E-state index contributed by atoms with van der Waals surface area (Å²) in [5, 5.41) is 3.45. The first kappa shape index (κ1) is 10.5. The molecule has 1 N–H and O–H groups in total. The van der Waals surface area contributed by atoms with E-state index < -0.39 is 0 Å². The molecule has 0 aromatic rings. The number of nitrogens with one attached hydrogen (secondary N) is 1. The van der Waals surface area contributed by atoms with E-state index in [-0.39, 0.29) is 5.91 Å². The zero-order chi connectivity index (χ0) is 9.84. The van der Waals surface area contributed by atoms with Crippen LogP contribution in [0.4, 0.5) is 0 Å². The molecule has 1 rings (SSSR count). The van der Waals surface area contributed by atoms with Gasteiger partial charge in [0.2, 0.25) is 5.91 Å². The topological polar surface area (TPSA) is 32.3 Å². The van der Waals surface area contributed by atoms with Crippen LogP contribution in [0, 0.1) is 0 Å². The van der Waals surface area contributed by atoms with Crippen molar-refractivity contribution < 1.29 is 4.79 Å². The Balaban J connectivity index is 2.13. The van der Waals surface area contributed by atoms with Crippen molar-refractivity contribution in [2.24, 2.45) is 0 Å². The molecule has 3 nitrogen and oxygen atoms in total. The lowest BCUT2D eigenvalue weighted by molar-refractivity contribution is -0.129. The molecule has 0 radical (unpaired) electrons. The molecule has 0 heterocycles. The van der Waals surface area contributed by atoms with Gasteiger partial charge in [-0.15, -0.1) is 0 Å². The molecule has 74 valence electrons. The first-order valence-electron chi connectivity index (χ1n) is 4.41. The lowest BCUT2D eigenvalue weighted by Crippen LogP contribution is -2.37. The minimum Gasteiger partial charge on any atom is -0.342 e. The fraction of sp³-hybridized carbons (Fsp3) is 0.667. The van der Waals surface area contributed by atoms with Crippen LogP contribution in [0.3, 0.4) is 0 Å². The fourth-order valence-corrected chi connectivity index (χ4v) is 1.19. The second-order valence-corrected chi connectivity index (χ2v) is 3.89. The number of halogens is 1. The number of rotatable bonds is 5. The van der Waals surface area contributed by atoms with Crippen LogP contribution in [0.5, 0.6) is 0 Å². The normalized spacial score (nSPS) is 15.5. The van der Waals surface area contributed by atoms with Crippen LogP contribution in [0.1, 0.15) is 12.8 Å². The summed E-state index contributed by atoms with van der Waals surface area (Å²) in [5.74, 6) is 0.125. The van der Waals surface area contributed by atoms with Gasteiger partial charge in [0, 0.05) is 24.7 Å². The van der Waals surface area contributed by atoms with Crippen molar-refractivity contribution in [3.8, 4) is 0 Å². The summed E-state index contributed by atoms with van der Waals surface area (Å²) in [4.78, 5) is 13.2. The molecule has 0 spiro atoms. The molecule has 13 heavy (non-hydrogen) atoms. The molecule has 1 amide bonds. The van der Waals surface area contributed by atoms with Crippen molar-refractivity contribution in [3.63, 3.8) is 0 Å². The molecule has 1 aliphatic carbocycles. The summed E-state index contributed by atoms with van der Waals surface area (Å²) in [6.07, 6.45) is 2.29. The first-order valence-corrected chi connectivity index (χ1v) is 4.78. The van der Waals surface area contributed by atoms with Gasteiger partial charge in [-0.05, 0) is 12.8 Å². The smallest absolute Gasteiger partial charge is 0.236 e. The molecule has 0 aromatic carbocycles. The summed E-state index contributed by atoms with van der Waals surface area (Å²) < 4.78 is 0. The maximum atomic E-state index is 11.4. The summed E-state index contributed by atoms with van der Waals surface area (Å²) in [7, 11) is 1.84. The SMILES string of the molecule is C=C(Cl)CNCC(=O)N(C)C1CC1. The van der Waals surface area contributed by atoms with Gasteiger partial charge in [-0.1, -0.05) is 18.2 Å².